The normalized spacial score (nSPS) is 13.7. The molecule has 0 aromatic carbocycles. The molecule has 0 N–H and O–H groups in total. The molecule has 2 atom stereocenters. The second kappa shape index (κ2) is 40.9. The Morgan fingerprint density at radius 1 is 0.517 bits per heavy atom. The Hall–Kier alpha value is -1.51. The number of rotatable bonds is 44. The fourth-order valence-electron chi connectivity index (χ4n) is 6.64. The molecule has 0 amide bonds. The zero-order valence-corrected chi connectivity index (χ0v) is 39.4. The van der Waals surface area contributed by atoms with Gasteiger partial charge in [0.05, 0.1) is 27.7 Å². The molecule has 9 nitrogen and oxygen atoms in total. The zero-order valence-electron chi connectivity index (χ0n) is 38.5. The van der Waals surface area contributed by atoms with E-state index in [0.29, 0.717) is 17.4 Å². The van der Waals surface area contributed by atoms with E-state index in [0.717, 1.165) is 51.4 Å². The number of phosphoric acid groups is 1. The number of hydrogen-bond donors (Lipinski definition) is 0. The Labute approximate surface area is 358 Å². The lowest BCUT2D eigenvalue weighted by Crippen LogP contribution is -2.37. The van der Waals surface area contributed by atoms with E-state index in [2.05, 4.69) is 38.2 Å². The van der Waals surface area contributed by atoms with Crippen molar-refractivity contribution in [3.8, 4) is 0 Å². The third-order valence-electron chi connectivity index (χ3n) is 10.4. The van der Waals surface area contributed by atoms with Gasteiger partial charge in [0.1, 0.15) is 19.8 Å². The summed E-state index contributed by atoms with van der Waals surface area (Å²) in [6, 6.07) is 0. The van der Waals surface area contributed by atoms with Crippen LogP contribution in [0.1, 0.15) is 219 Å². The summed E-state index contributed by atoms with van der Waals surface area (Å²) in [5.74, 6) is -0.839. The lowest BCUT2D eigenvalue weighted by atomic mass is 10.0. The Morgan fingerprint density at radius 2 is 0.879 bits per heavy atom. The topological polar surface area (TPSA) is 111 Å². The lowest BCUT2D eigenvalue weighted by Gasteiger charge is -2.28. The highest BCUT2D eigenvalue weighted by Gasteiger charge is 2.21. The first-order valence-electron chi connectivity index (χ1n) is 24.0. The average molecular weight is 842 g/mol. The van der Waals surface area contributed by atoms with Crippen LogP contribution >= 0.6 is 7.82 Å². The molecule has 0 saturated carbocycles. The summed E-state index contributed by atoms with van der Waals surface area (Å²) < 4.78 is 33.9. The minimum absolute atomic E-state index is 0.0310. The van der Waals surface area contributed by atoms with Gasteiger partial charge in [-0.15, -0.1) is 0 Å². The van der Waals surface area contributed by atoms with E-state index in [1.807, 2.05) is 21.1 Å². The number of likely N-dealkylation sites (N-methyl/N-ethyl adjacent to an activating group) is 1. The maximum absolute atomic E-state index is 12.7. The van der Waals surface area contributed by atoms with Crippen molar-refractivity contribution >= 4 is 19.8 Å². The van der Waals surface area contributed by atoms with Gasteiger partial charge in [-0.2, -0.15) is 0 Å². The van der Waals surface area contributed by atoms with E-state index < -0.39 is 26.5 Å². The minimum atomic E-state index is -4.62. The Bertz CT molecular complexity index is 1040. The van der Waals surface area contributed by atoms with Gasteiger partial charge in [0, 0.05) is 12.8 Å². The molecular weight excluding hydrogens is 750 g/mol. The van der Waals surface area contributed by atoms with Crippen LogP contribution in [-0.4, -0.2) is 70.0 Å². The molecular formula is C48H92NO8P. The molecule has 0 aromatic rings. The largest absolute Gasteiger partial charge is 0.756 e. The van der Waals surface area contributed by atoms with Crippen molar-refractivity contribution < 1.29 is 42.1 Å². The highest BCUT2D eigenvalue weighted by atomic mass is 31.2. The van der Waals surface area contributed by atoms with Crippen LogP contribution in [0.25, 0.3) is 0 Å². The van der Waals surface area contributed by atoms with Crippen LogP contribution in [0, 0.1) is 0 Å². The summed E-state index contributed by atoms with van der Waals surface area (Å²) in [7, 11) is 1.17. The fourth-order valence-corrected chi connectivity index (χ4v) is 7.37. The van der Waals surface area contributed by atoms with E-state index in [1.165, 1.54) is 135 Å². The van der Waals surface area contributed by atoms with Gasteiger partial charge in [-0.05, 0) is 64.2 Å². The maximum atomic E-state index is 12.7. The molecule has 0 fully saturated rings. The SMILES string of the molecule is CCCCCC/C=C\CCCCCCCC(=O)O[C@H](COC(=O)CCCCCCCCCCCCC/C=C\CCCCCCCC)COP(=O)([O-])OCC[N+](C)(C)C. The first kappa shape index (κ1) is 56.5. The molecule has 0 heterocycles. The molecule has 0 bridgehead atoms. The van der Waals surface area contributed by atoms with Crippen molar-refractivity contribution in [3.63, 3.8) is 0 Å². The zero-order chi connectivity index (χ0) is 42.8. The van der Waals surface area contributed by atoms with Crippen LogP contribution in [0.3, 0.4) is 0 Å². The molecule has 0 radical (unpaired) electrons. The number of carbonyl (C=O) groups excluding carboxylic acids is 2. The molecule has 0 aliphatic heterocycles. The Morgan fingerprint density at radius 3 is 1.29 bits per heavy atom. The standard InChI is InChI=1S/C48H92NO8P/c1-6-8-10-12-14-16-18-20-21-22-23-24-25-26-27-29-30-32-34-36-38-40-47(50)54-44-46(45-56-58(52,53)55-43-42-49(3,4)5)57-48(51)41-39-37-35-33-31-28-19-17-15-13-11-9-7-2/h17,19-21,46H,6-16,18,22-45H2,1-5H3/b19-17-,21-20-/t46-/m1/s1. The number of nitrogens with zero attached hydrogens (tertiary/aromatic N) is 1. The van der Waals surface area contributed by atoms with Crippen molar-refractivity contribution in [2.45, 2.75) is 225 Å². The summed E-state index contributed by atoms with van der Waals surface area (Å²) in [5.41, 5.74) is 0. The number of hydrogen-bond acceptors (Lipinski definition) is 8. The Kier molecular flexibility index (Phi) is 39.8. The van der Waals surface area contributed by atoms with E-state index in [4.69, 9.17) is 18.5 Å². The number of esters is 2. The number of carbonyl (C=O) groups is 2. The third kappa shape index (κ3) is 44.1. The van der Waals surface area contributed by atoms with Crippen LogP contribution in [-0.2, 0) is 32.7 Å². The molecule has 10 heteroatoms. The second-order valence-corrected chi connectivity index (χ2v) is 18.9. The molecule has 0 spiro atoms. The number of unbranched alkanes of at least 4 members (excludes halogenated alkanes) is 26. The maximum Gasteiger partial charge on any atom is 0.306 e. The van der Waals surface area contributed by atoms with Crippen molar-refractivity contribution in [1.29, 1.82) is 0 Å². The number of phosphoric ester groups is 1. The fraction of sp³-hybridized carbons (Fsp3) is 0.875. The van der Waals surface area contributed by atoms with Crippen molar-refractivity contribution in [2.24, 2.45) is 0 Å². The third-order valence-corrected chi connectivity index (χ3v) is 11.4. The summed E-state index contributed by atoms with van der Waals surface area (Å²) in [6.45, 7) is 4.22. The average Bonchev–Trinajstić information content (AvgIpc) is 3.17. The molecule has 0 rings (SSSR count). The predicted molar refractivity (Wildman–Crippen MR) is 241 cm³/mol. The molecule has 1 unspecified atom stereocenters. The predicted octanol–water partition coefficient (Wildman–Crippen LogP) is 13.3. The van der Waals surface area contributed by atoms with Gasteiger partial charge in [-0.3, -0.25) is 14.2 Å². The van der Waals surface area contributed by atoms with E-state index >= 15 is 0 Å². The first-order valence-corrected chi connectivity index (χ1v) is 25.5. The smallest absolute Gasteiger partial charge is 0.306 e. The monoisotopic (exact) mass is 842 g/mol. The number of quaternary nitrogens is 1. The quantitative estimate of drug-likeness (QED) is 0.0196. The van der Waals surface area contributed by atoms with Gasteiger partial charge in [-0.25, -0.2) is 0 Å². The molecule has 58 heavy (non-hydrogen) atoms. The van der Waals surface area contributed by atoms with Crippen LogP contribution < -0.4 is 4.89 Å². The molecule has 0 saturated heterocycles. The van der Waals surface area contributed by atoms with Gasteiger partial charge >= 0.3 is 11.9 Å². The summed E-state index contributed by atoms with van der Waals surface area (Å²) in [5, 5.41) is 0. The molecule has 0 aromatic heterocycles. The second-order valence-electron chi connectivity index (χ2n) is 17.5. The summed E-state index contributed by atoms with van der Waals surface area (Å²) >= 11 is 0. The van der Waals surface area contributed by atoms with Crippen LogP contribution in [0.4, 0.5) is 0 Å². The van der Waals surface area contributed by atoms with Gasteiger partial charge in [-0.1, -0.05) is 167 Å². The van der Waals surface area contributed by atoms with Gasteiger partial charge in [0.15, 0.2) is 6.10 Å². The molecule has 0 aliphatic carbocycles. The van der Waals surface area contributed by atoms with Gasteiger partial charge in [0.2, 0.25) is 0 Å². The van der Waals surface area contributed by atoms with E-state index in [-0.39, 0.29) is 32.0 Å². The summed E-state index contributed by atoms with van der Waals surface area (Å²) in [6.07, 6.45) is 44.9. The van der Waals surface area contributed by atoms with Crippen LogP contribution in [0.5, 0.6) is 0 Å². The first-order chi connectivity index (χ1) is 28.0. The Balaban J connectivity index is 4.23. The lowest BCUT2D eigenvalue weighted by molar-refractivity contribution is -0.870. The number of ether oxygens (including phenoxy) is 2. The minimum Gasteiger partial charge on any atom is -0.756 e. The van der Waals surface area contributed by atoms with Crippen molar-refractivity contribution in [3.05, 3.63) is 24.3 Å². The highest BCUT2D eigenvalue weighted by molar-refractivity contribution is 7.45. The van der Waals surface area contributed by atoms with Crippen LogP contribution in [0.2, 0.25) is 0 Å². The van der Waals surface area contributed by atoms with E-state index in [1.54, 1.807) is 0 Å². The van der Waals surface area contributed by atoms with Crippen molar-refractivity contribution in [1.82, 2.24) is 0 Å². The van der Waals surface area contributed by atoms with E-state index in [9.17, 15) is 19.0 Å². The summed E-state index contributed by atoms with van der Waals surface area (Å²) in [4.78, 5) is 37.6. The highest BCUT2D eigenvalue weighted by Crippen LogP contribution is 2.38. The van der Waals surface area contributed by atoms with Crippen molar-refractivity contribution in [2.75, 3.05) is 47.5 Å². The molecule has 342 valence electrons. The van der Waals surface area contributed by atoms with Crippen LogP contribution in [0.15, 0.2) is 24.3 Å². The number of allylic oxidation sites excluding steroid dienone is 4. The van der Waals surface area contributed by atoms with Gasteiger partial charge < -0.3 is 27.9 Å². The molecule has 0 aliphatic rings. The van der Waals surface area contributed by atoms with Gasteiger partial charge in [0.25, 0.3) is 7.82 Å².